The van der Waals surface area contributed by atoms with Crippen molar-refractivity contribution in [3.8, 4) is 5.75 Å². The van der Waals surface area contributed by atoms with E-state index in [0.717, 1.165) is 31.6 Å². The molecule has 4 nitrogen and oxygen atoms in total. The van der Waals surface area contributed by atoms with Crippen molar-refractivity contribution in [2.24, 2.45) is 0 Å². The molecule has 1 aromatic rings. The smallest absolute Gasteiger partial charge is 0.144 e. The molecule has 2 rings (SSSR count). The molecule has 18 heavy (non-hydrogen) atoms. The Balaban J connectivity index is 0.00000162. The molecule has 1 fully saturated rings. The molecule has 2 heterocycles. The number of pyridine rings is 1. The molecule has 0 saturated carbocycles. The van der Waals surface area contributed by atoms with Crippen LogP contribution in [0.2, 0.25) is 5.02 Å². The third kappa shape index (κ3) is 2.88. The van der Waals surface area contributed by atoms with Crippen LogP contribution in [0.15, 0.2) is 12.3 Å². The van der Waals surface area contributed by atoms with Crippen molar-refractivity contribution in [2.75, 3.05) is 27.3 Å². The normalized spacial score (nSPS) is 23.3. The van der Waals surface area contributed by atoms with Crippen LogP contribution >= 0.6 is 24.0 Å². The van der Waals surface area contributed by atoms with E-state index in [4.69, 9.17) is 21.1 Å². The van der Waals surface area contributed by atoms with Crippen molar-refractivity contribution in [1.29, 1.82) is 0 Å². The Morgan fingerprint density at radius 1 is 1.44 bits per heavy atom. The number of rotatable bonds is 3. The van der Waals surface area contributed by atoms with Gasteiger partial charge < -0.3 is 14.8 Å². The number of hydrogen-bond donors (Lipinski definition) is 1. The number of ether oxygens (including phenoxy) is 2. The standard InChI is InChI=1S/C12H17ClN2O2.ClH/c1-16-10-6-9(13)7-15-11(10)12(17-2)4-3-5-14-8-12;/h6-7,14H,3-5,8H2,1-2H3;1H. The molecule has 0 spiro atoms. The van der Waals surface area contributed by atoms with Gasteiger partial charge in [0.2, 0.25) is 0 Å². The fourth-order valence-corrected chi connectivity index (χ4v) is 2.42. The second-order valence-corrected chi connectivity index (χ2v) is 4.62. The lowest BCUT2D eigenvalue weighted by Gasteiger charge is -2.36. The van der Waals surface area contributed by atoms with Crippen molar-refractivity contribution < 1.29 is 9.47 Å². The van der Waals surface area contributed by atoms with Crippen molar-refractivity contribution in [1.82, 2.24) is 10.3 Å². The first-order chi connectivity index (χ1) is 8.22. The van der Waals surface area contributed by atoms with Gasteiger partial charge in [-0.2, -0.15) is 0 Å². The van der Waals surface area contributed by atoms with E-state index in [2.05, 4.69) is 10.3 Å². The summed E-state index contributed by atoms with van der Waals surface area (Å²) in [6.45, 7) is 1.76. The number of piperidine rings is 1. The average Bonchev–Trinajstić information content (AvgIpc) is 2.39. The predicted octanol–water partition coefficient (Wildman–Crippen LogP) is 2.39. The Bertz CT molecular complexity index is 396. The summed E-state index contributed by atoms with van der Waals surface area (Å²) in [5.74, 6) is 0.683. The number of methoxy groups -OCH3 is 2. The zero-order chi connectivity index (χ0) is 12.3. The van der Waals surface area contributed by atoms with Crippen LogP contribution in [0.1, 0.15) is 18.5 Å². The van der Waals surface area contributed by atoms with Gasteiger partial charge in [-0.1, -0.05) is 11.6 Å². The van der Waals surface area contributed by atoms with Gasteiger partial charge in [-0.15, -0.1) is 12.4 Å². The number of aromatic nitrogens is 1. The molecule has 0 bridgehead atoms. The minimum absolute atomic E-state index is 0. The average molecular weight is 293 g/mol. The SMILES string of the molecule is COc1cc(Cl)cnc1C1(OC)CCCNC1.Cl. The maximum absolute atomic E-state index is 5.92. The molecule has 102 valence electrons. The Hall–Kier alpha value is -0.550. The molecular formula is C12H18Cl2N2O2. The second-order valence-electron chi connectivity index (χ2n) is 4.18. The summed E-state index contributed by atoms with van der Waals surface area (Å²) >= 11 is 5.92. The zero-order valence-electron chi connectivity index (χ0n) is 10.5. The lowest BCUT2D eigenvalue weighted by atomic mass is 9.89. The van der Waals surface area contributed by atoms with Crippen molar-refractivity contribution >= 4 is 24.0 Å². The summed E-state index contributed by atoms with van der Waals surface area (Å²) < 4.78 is 11.1. The van der Waals surface area contributed by atoms with Crippen LogP contribution in [0.25, 0.3) is 0 Å². The Kier molecular flexibility index (Phi) is 5.66. The van der Waals surface area contributed by atoms with E-state index in [1.54, 1.807) is 26.5 Å². The maximum Gasteiger partial charge on any atom is 0.144 e. The van der Waals surface area contributed by atoms with E-state index in [-0.39, 0.29) is 12.4 Å². The van der Waals surface area contributed by atoms with Crippen molar-refractivity contribution in [2.45, 2.75) is 18.4 Å². The minimum Gasteiger partial charge on any atom is -0.495 e. The van der Waals surface area contributed by atoms with Crippen LogP contribution in [0.3, 0.4) is 0 Å². The van der Waals surface area contributed by atoms with E-state index in [0.29, 0.717) is 10.8 Å². The first-order valence-electron chi connectivity index (χ1n) is 5.68. The molecule has 0 aliphatic carbocycles. The van der Waals surface area contributed by atoms with E-state index in [9.17, 15) is 0 Å². The second kappa shape index (κ2) is 6.57. The molecule has 1 aliphatic rings. The summed E-state index contributed by atoms with van der Waals surface area (Å²) in [6, 6.07) is 1.78. The first kappa shape index (κ1) is 15.5. The minimum atomic E-state index is -0.409. The van der Waals surface area contributed by atoms with Crippen LogP contribution < -0.4 is 10.1 Å². The Morgan fingerprint density at radius 3 is 2.78 bits per heavy atom. The van der Waals surface area contributed by atoms with Crippen molar-refractivity contribution in [3.63, 3.8) is 0 Å². The lowest BCUT2D eigenvalue weighted by molar-refractivity contribution is -0.0383. The summed E-state index contributed by atoms with van der Waals surface area (Å²) in [4.78, 5) is 4.39. The fraction of sp³-hybridized carbons (Fsp3) is 0.583. The van der Waals surface area contributed by atoms with E-state index in [1.807, 2.05) is 0 Å². The quantitative estimate of drug-likeness (QED) is 0.929. The highest BCUT2D eigenvalue weighted by Crippen LogP contribution is 2.37. The van der Waals surface area contributed by atoms with Gasteiger partial charge in [0.1, 0.15) is 17.0 Å². The highest BCUT2D eigenvalue weighted by atomic mass is 35.5. The monoisotopic (exact) mass is 292 g/mol. The first-order valence-corrected chi connectivity index (χ1v) is 6.05. The highest BCUT2D eigenvalue weighted by molar-refractivity contribution is 6.30. The number of hydrogen-bond acceptors (Lipinski definition) is 4. The largest absolute Gasteiger partial charge is 0.495 e. The Labute approximate surface area is 118 Å². The van der Waals surface area contributed by atoms with E-state index in [1.165, 1.54) is 0 Å². The molecule has 1 aromatic heterocycles. The van der Waals surface area contributed by atoms with Gasteiger partial charge in [0, 0.05) is 25.9 Å². The predicted molar refractivity (Wildman–Crippen MR) is 73.8 cm³/mol. The molecular weight excluding hydrogens is 275 g/mol. The topological polar surface area (TPSA) is 43.4 Å². The summed E-state index contributed by atoms with van der Waals surface area (Å²) in [6.07, 6.45) is 3.62. The van der Waals surface area contributed by atoms with Gasteiger partial charge >= 0.3 is 0 Å². The summed E-state index contributed by atoms with van der Waals surface area (Å²) in [5, 5.41) is 3.91. The maximum atomic E-state index is 5.92. The highest BCUT2D eigenvalue weighted by Gasteiger charge is 2.37. The van der Waals surface area contributed by atoms with Gasteiger partial charge in [-0.05, 0) is 19.4 Å². The number of nitrogens with zero attached hydrogens (tertiary/aromatic N) is 1. The molecule has 0 amide bonds. The third-order valence-corrected chi connectivity index (χ3v) is 3.41. The summed E-state index contributed by atoms with van der Waals surface area (Å²) in [5.41, 5.74) is 0.410. The molecule has 1 atom stereocenters. The molecule has 1 saturated heterocycles. The van der Waals surface area contributed by atoms with Gasteiger partial charge in [-0.3, -0.25) is 4.98 Å². The third-order valence-electron chi connectivity index (χ3n) is 3.21. The fourth-order valence-electron chi connectivity index (χ4n) is 2.27. The molecule has 0 aromatic carbocycles. The summed E-state index contributed by atoms with van der Waals surface area (Å²) in [7, 11) is 3.33. The number of nitrogens with one attached hydrogen (secondary N) is 1. The van der Waals surface area contributed by atoms with Crippen LogP contribution in [0, 0.1) is 0 Å². The van der Waals surface area contributed by atoms with E-state index >= 15 is 0 Å². The van der Waals surface area contributed by atoms with Gasteiger partial charge in [0.15, 0.2) is 0 Å². The van der Waals surface area contributed by atoms with Gasteiger partial charge in [0.05, 0.1) is 12.1 Å². The van der Waals surface area contributed by atoms with Crippen LogP contribution in [-0.4, -0.2) is 32.3 Å². The van der Waals surface area contributed by atoms with Crippen LogP contribution in [-0.2, 0) is 10.3 Å². The molecule has 0 radical (unpaired) electrons. The van der Waals surface area contributed by atoms with Crippen LogP contribution in [0.4, 0.5) is 0 Å². The Morgan fingerprint density at radius 2 is 2.22 bits per heavy atom. The number of halogens is 2. The van der Waals surface area contributed by atoms with Crippen molar-refractivity contribution in [3.05, 3.63) is 23.0 Å². The molecule has 1 N–H and O–H groups in total. The van der Waals surface area contributed by atoms with Gasteiger partial charge in [0.25, 0.3) is 0 Å². The molecule has 6 heteroatoms. The molecule has 1 unspecified atom stereocenters. The lowest BCUT2D eigenvalue weighted by Crippen LogP contribution is -2.45. The van der Waals surface area contributed by atoms with Crippen LogP contribution in [0.5, 0.6) is 5.75 Å². The van der Waals surface area contributed by atoms with E-state index < -0.39 is 5.60 Å². The molecule has 1 aliphatic heterocycles. The zero-order valence-corrected chi connectivity index (χ0v) is 12.1. The van der Waals surface area contributed by atoms with Gasteiger partial charge in [-0.25, -0.2) is 0 Å².